The van der Waals surface area contributed by atoms with Crippen molar-refractivity contribution in [2.75, 3.05) is 6.61 Å². The van der Waals surface area contributed by atoms with Crippen LogP contribution in [0.15, 0.2) is 35.4 Å². The van der Waals surface area contributed by atoms with Crippen molar-refractivity contribution >= 4 is 5.91 Å². The number of hydrogen-bond donors (Lipinski definition) is 3. The SMILES string of the molecule is CC(C)(CO)NC(=O)c1cc(-c2ccncc2)n[nH]c1=O. The van der Waals surface area contributed by atoms with E-state index in [1.54, 1.807) is 38.4 Å². The van der Waals surface area contributed by atoms with Gasteiger partial charge in [0.25, 0.3) is 11.5 Å². The molecule has 0 aliphatic carbocycles. The van der Waals surface area contributed by atoms with Crippen LogP contribution in [-0.2, 0) is 0 Å². The summed E-state index contributed by atoms with van der Waals surface area (Å²) in [5.74, 6) is -0.562. The van der Waals surface area contributed by atoms with Crippen LogP contribution in [0.1, 0.15) is 24.2 Å². The Kier molecular flexibility index (Phi) is 4.13. The third kappa shape index (κ3) is 3.51. The fourth-order valence-electron chi connectivity index (χ4n) is 1.66. The first kappa shape index (κ1) is 14.9. The largest absolute Gasteiger partial charge is 0.394 e. The minimum Gasteiger partial charge on any atom is -0.394 e. The molecule has 0 saturated heterocycles. The number of rotatable bonds is 4. The van der Waals surface area contributed by atoms with Gasteiger partial charge in [-0.25, -0.2) is 5.10 Å². The number of nitrogens with zero attached hydrogens (tertiary/aromatic N) is 2. The Bertz CT molecular complexity index is 695. The highest BCUT2D eigenvalue weighted by molar-refractivity contribution is 5.95. The first-order valence-corrected chi connectivity index (χ1v) is 6.36. The predicted molar refractivity (Wildman–Crippen MR) is 76.7 cm³/mol. The minimum absolute atomic E-state index is 0.0571. The topological polar surface area (TPSA) is 108 Å². The fraction of sp³-hybridized carbons (Fsp3) is 0.286. The molecule has 2 aromatic rings. The van der Waals surface area contributed by atoms with Crippen molar-refractivity contribution in [3.63, 3.8) is 0 Å². The van der Waals surface area contributed by atoms with Gasteiger partial charge in [-0.15, -0.1) is 0 Å². The van der Waals surface area contributed by atoms with E-state index in [4.69, 9.17) is 0 Å². The van der Waals surface area contributed by atoms with E-state index in [0.717, 1.165) is 5.56 Å². The first-order chi connectivity index (χ1) is 9.93. The number of nitrogens with one attached hydrogen (secondary N) is 2. The number of carbonyl (C=O) groups is 1. The van der Waals surface area contributed by atoms with Crippen molar-refractivity contribution in [1.29, 1.82) is 0 Å². The highest BCUT2D eigenvalue weighted by Gasteiger charge is 2.22. The van der Waals surface area contributed by atoms with Crippen LogP contribution in [-0.4, -0.2) is 38.3 Å². The van der Waals surface area contributed by atoms with E-state index in [1.165, 1.54) is 6.07 Å². The van der Waals surface area contributed by atoms with Crippen LogP contribution in [0.4, 0.5) is 0 Å². The molecule has 21 heavy (non-hydrogen) atoms. The number of carbonyl (C=O) groups excluding carboxylic acids is 1. The zero-order valence-corrected chi connectivity index (χ0v) is 11.8. The van der Waals surface area contributed by atoms with Gasteiger partial charge in [-0.1, -0.05) is 0 Å². The van der Waals surface area contributed by atoms with Crippen LogP contribution in [0.5, 0.6) is 0 Å². The van der Waals surface area contributed by atoms with Gasteiger partial charge < -0.3 is 10.4 Å². The van der Waals surface area contributed by atoms with Crippen LogP contribution < -0.4 is 10.9 Å². The summed E-state index contributed by atoms with van der Waals surface area (Å²) in [4.78, 5) is 27.8. The van der Waals surface area contributed by atoms with Crippen molar-refractivity contribution in [1.82, 2.24) is 20.5 Å². The smallest absolute Gasteiger partial charge is 0.277 e. The number of hydrogen-bond acceptors (Lipinski definition) is 5. The quantitative estimate of drug-likeness (QED) is 0.751. The summed E-state index contributed by atoms with van der Waals surface area (Å²) in [7, 11) is 0. The van der Waals surface area contributed by atoms with Gasteiger partial charge >= 0.3 is 0 Å². The molecule has 3 N–H and O–H groups in total. The van der Waals surface area contributed by atoms with Crippen molar-refractivity contribution in [3.05, 3.63) is 46.5 Å². The van der Waals surface area contributed by atoms with Gasteiger partial charge in [-0.05, 0) is 32.0 Å². The van der Waals surface area contributed by atoms with Gasteiger partial charge in [0.15, 0.2) is 0 Å². The van der Waals surface area contributed by atoms with E-state index in [9.17, 15) is 14.7 Å². The molecule has 0 aromatic carbocycles. The molecule has 0 saturated carbocycles. The molecule has 7 heteroatoms. The van der Waals surface area contributed by atoms with Crippen LogP contribution in [0, 0.1) is 0 Å². The van der Waals surface area contributed by atoms with Crippen LogP contribution in [0.25, 0.3) is 11.3 Å². The van der Waals surface area contributed by atoms with Gasteiger partial charge in [-0.3, -0.25) is 14.6 Å². The van der Waals surface area contributed by atoms with Gasteiger partial charge in [0.2, 0.25) is 0 Å². The molecule has 0 atom stereocenters. The van der Waals surface area contributed by atoms with Gasteiger partial charge in [0.05, 0.1) is 17.8 Å². The Hall–Kier alpha value is -2.54. The second-order valence-corrected chi connectivity index (χ2v) is 5.23. The van der Waals surface area contributed by atoms with E-state index in [0.29, 0.717) is 5.69 Å². The van der Waals surface area contributed by atoms with Crippen molar-refractivity contribution < 1.29 is 9.90 Å². The maximum Gasteiger partial charge on any atom is 0.277 e. The summed E-state index contributed by atoms with van der Waals surface area (Å²) in [6, 6.07) is 4.86. The molecule has 7 nitrogen and oxygen atoms in total. The summed E-state index contributed by atoms with van der Waals surface area (Å²) in [5.41, 5.74) is -0.262. The normalized spacial score (nSPS) is 11.2. The number of aromatic amines is 1. The fourth-order valence-corrected chi connectivity index (χ4v) is 1.66. The molecular weight excluding hydrogens is 272 g/mol. The molecular formula is C14H16N4O3. The molecule has 2 aromatic heterocycles. The summed E-state index contributed by atoms with van der Waals surface area (Å²) in [5, 5.41) is 18.0. The van der Waals surface area contributed by atoms with Crippen molar-refractivity contribution in [3.8, 4) is 11.3 Å². The Morgan fingerprint density at radius 1 is 1.38 bits per heavy atom. The standard InChI is InChI=1S/C14H16N4O3/c1-14(2,8-19)16-12(20)10-7-11(17-18-13(10)21)9-3-5-15-6-4-9/h3-7,19H,8H2,1-2H3,(H,16,20)(H,18,21). The predicted octanol–water partition coefficient (Wildman–Crippen LogP) is 0.333. The van der Waals surface area contributed by atoms with E-state index >= 15 is 0 Å². The number of aliphatic hydroxyl groups excluding tert-OH is 1. The molecule has 110 valence electrons. The molecule has 0 unspecified atom stereocenters. The second-order valence-electron chi connectivity index (χ2n) is 5.23. The van der Waals surface area contributed by atoms with Crippen molar-refractivity contribution in [2.24, 2.45) is 0 Å². The first-order valence-electron chi connectivity index (χ1n) is 6.36. The van der Waals surface area contributed by atoms with Crippen LogP contribution in [0.2, 0.25) is 0 Å². The summed E-state index contributed by atoms with van der Waals surface area (Å²) in [6.07, 6.45) is 3.19. The van der Waals surface area contributed by atoms with E-state index < -0.39 is 17.0 Å². The summed E-state index contributed by atoms with van der Waals surface area (Å²) >= 11 is 0. The van der Waals surface area contributed by atoms with Gasteiger partial charge in [-0.2, -0.15) is 5.10 Å². The Morgan fingerprint density at radius 3 is 2.67 bits per heavy atom. The molecule has 2 rings (SSSR count). The zero-order valence-electron chi connectivity index (χ0n) is 11.8. The zero-order chi connectivity index (χ0) is 15.5. The third-order valence-electron chi connectivity index (χ3n) is 2.87. The van der Waals surface area contributed by atoms with E-state index in [2.05, 4.69) is 20.5 Å². The number of pyridine rings is 1. The van der Waals surface area contributed by atoms with E-state index in [1.807, 2.05) is 0 Å². The number of H-pyrrole nitrogens is 1. The molecule has 0 fully saturated rings. The molecule has 0 bridgehead atoms. The number of amides is 1. The van der Waals surface area contributed by atoms with Gasteiger partial charge in [0.1, 0.15) is 5.56 Å². The van der Waals surface area contributed by atoms with Crippen molar-refractivity contribution in [2.45, 2.75) is 19.4 Å². The Morgan fingerprint density at radius 2 is 2.05 bits per heavy atom. The van der Waals surface area contributed by atoms with Crippen LogP contribution >= 0.6 is 0 Å². The lowest BCUT2D eigenvalue weighted by Crippen LogP contribution is -2.47. The lowest BCUT2D eigenvalue weighted by atomic mass is 10.1. The number of aliphatic hydroxyl groups is 1. The molecule has 1 amide bonds. The second kappa shape index (κ2) is 5.84. The monoisotopic (exact) mass is 288 g/mol. The molecule has 0 spiro atoms. The lowest BCUT2D eigenvalue weighted by Gasteiger charge is -2.23. The molecule has 2 heterocycles. The summed E-state index contributed by atoms with van der Waals surface area (Å²) < 4.78 is 0. The Balaban J connectivity index is 2.37. The average Bonchev–Trinajstić information content (AvgIpc) is 2.48. The number of aromatic nitrogens is 3. The third-order valence-corrected chi connectivity index (χ3v) is 2.87. The molecule has 0 aliphatic heterocycles. The highest BCUT2D eigenvalue weighted by atomic mass is 16.3. The van der Waals surface area contributed by atoms with Gasteiger partial charge in [0, 0.05) is 18.0 Å². The maximum absolute atomic E-state index is 12.1. The van der Waals surface area contributed by atoms with E-state index in [-0.39, 0.29) is 12.2 Å². The maximum atomic E-state index is 12.1. The minimum atomic E-state index is -0.816. The molecule has 0 radical (unpaired) electrons. The lowest BCUT2D eigenvalue weighted by molar-refractivity contribution is 0.0867. The summed E-state index contributed by atoms with van der Waals surface area (Å²) in [6.45, 7) is 3.08. The average molecular weight is 288 g/mol. The van der Waals surface area contributed by atoms with Crippen LogP contribution in [0.3, 0.4) is 0 Å². The molecule has 0 aliphatic rings. The highest BCUT2D eigenvalue weighted by Crippen LogP contribution is 2.14. The Labute approximate surface area is 121 Å².